The molecule has 1 aliphatic heterocycles. The van der Waals surface area contributed by atoms with Crippen molar-refractivity contribution in [3.8, 4) is 11.1 Å². The van der Waals surface area contributed by atoms with E-state index < -0.39 is 35.9 Å². The normalized spacial score (nSPS) is 14.5. The third-order valence-electron chi connectivity index (χ3n) is 7.59. The van der Waals surface area contributed by atoms with Crippen LogP contribution >= 0.6 is 0 Å². The summed E-state index contributed by atoms with van der Waals surface area (Å²) in [6.07, 6.45) is -8.61. The zero-order chi connectivity index (χ0) is 32.5. The number of rotatable bonds is 7. The largest absolute Gasteiger partial charge is 0.416 e. The van der Waals surface area contributed by atoms with E-state index in [0.29, 0.717) is 62.1 Å². The maximum Gasteiger partial charge on any atom is 0.416 e. The maximum atomic E-state index is 13.7. The molecule has 1 aliphatic rings. The SMILES string of the molecule is Cc1ccccc1-c1cc(N2CCN(Cc3n[nH]c(=O)[nH]3)CC2)ncc1C(=O)N(C)Cc1cc(C(F)(F)F)cc(C(F)(F)F)c1. The Balaban J connectivity index is 1.41. The predicted molar refractivity (Wildman–Crippen MR) is 153 cm³/mol. The van der Waals surface area contributed by atoms with Gasteiger partial charge in [0.15, 0.2) is 0 Å². The zero-order valence-corrected chi connectivity index (χ0v) is 24.3. The molecule has 5 rings (SSSR count). The average Bonchev–Trinajstić information content (AvgIpc) is 3.40. The Morgan fingerprint density at radius 2 is 1.58 bits per heavy atom. The monoisotopic (exact) mass is 633 g/mol. The highest BCUT2D eigenvalue weighted by atomic mass is 19.4. The lowest BCUT2D eigenvalue weighted by atomic mass is 9.96. The Kier molecular flexibility index (Phi) is 8.74. The number of hydrogen-bond donors (Lipinski definition) is 2. The lowest BCUT2D eigenvalue weighted by molar-refractivity contribution is -0.143. The number of halogens is 6. The summed E-state index contributed by atoms with van der Waals surface area (Å²) in [6, 6.07) is 10.4. The molecule has 0 saturated carbocycles. The van der Waals surface area contributed by atoms with Crippen LogP contribution in [0.5, 0.6) is 0 Å². The van der Waals surface area contributed by atoms with Gasteiger partial charge >= 0.3 is 18.0 Å². The second kappa shape index (κ2) is 12.4. The molecule has 2 aromatic carbocycles. The van der Waals surface area contributed by atoms with Gasteiger partial charge < -0.3 is 9.80 Å². The number of carbonyl (C=O) groups excluding carboxylic acids is 1. The van der Waals surface area contributed by atoms with Gasteiger partial charge in [-0.1, -0.05) is 24.3 Å². The first-order valence-electron chi connectivity index (χ1n) is 13.9. The number of piperazine rings is 1. The molecule has 0 radical (unpaired) electrons. The fourth-order valence-electron chi connectivity index (χ4n) is 5.27. The summed E-state index contributed by atoms with van der Waals surface area (Å²) < 4.78 is 80.4. The number of pyridine rings is 1. The van der Waals surface area contributed by atoms with Crippen LogP contribution in [-0.4, -0.2) is 69.1 Å². The summed E-state index contributed by atoms with van der Waals surface area (Å²) in [4.78, 5) is 37.4. The highest BCUT2D eigenvalue weighted by molar-refractivity contribution is 6.01. The van der Waals surface area contributed by atoms with Crippen molar-refractivity contribution >= 4 is 11.7 Å². The van der Waals surface area contributed by atoms with E-state index >= 15 is 0 Å². The number of amides is 1. The van der Waals surface area contributed by atoms with Gasteiger partial charge in [-0.2, -0.15) is 31.4 Å². The fourth-order valence-corrected chi connectivity index (χ4v) is 5.27. The number of benzene rings is 2. The average molecular weight is 634 g/mol. The number of aromatic amines is 2. The summed E-state index contributed by atoms with van der Waals surface area (Å²) in [7, 11) is 1.32. The molecule has 45 heavy (non-hydrogen) atoms. The number of anilines is 1. The first-order chi connectivity index (χ1) is 21.2. The molecule has 1 saturated heterocycles. The highest BCUT2D eigenvalue weighted by Crippen LogP contribution is 2.37. The Bertz CT molecular complexity index is 1710. The molecule has 4 aromatic rings. The molecule has 0 atom stereocenters. The van der Waals surface area contributed by atoms with Crippen molar-refractivity contribution in [1.82, 2.24) is 30.0 Å². The van der Waals surface area contributed by atoms with Crippen LogP contribution in [-0.2, 0) is 25.4 Å². The molecule has 1 amide bonds. The first kappa shape index (κ1) is 31.8. The van der Waals surface area contributed by atoms with Crippen LogP contribution in [0.4, 0.5) is 32.2 Å². The molecule has 0 bridgehead atoms. The van der Waals surface area contributed by atoms with Crippen LogP contribution in [0, 0.1) is 6.92 Å². The minimum atomic E-state index is -5.00. The Morgan fingerprint density at radius 3 is 2.16 bits per heavy atom. The number of alkyl halides is 6. The van der Waals surface area contributed by atoms with Crippen molar-refractivity contribution in [2.24, 2.45) is 0 Å². The third kappa shape index (κ3) is 7.36. The molecular weight excluding hydrogens is 604 g/mol. The Labute approximate surface area is 253 Å². The molecule has 3 heterocycles. The van der Waals surface area contributed by atoms with E-state index in [-0.39, 0.29) is 22.9 Å². The van der Waals surface area contributed by atoms with Crippen molar-refractivity contribution in [3.63, 3.8) is 0 Å². The van der Waals surface area contributed by atoms with E-state index in [0.717, 1.165) is 16.0 Å². The molecule has 0 unspecified atom stereocenters. The summed E-state index contributed by atoms with van der Waals surface area (Å²) in [5.41, 5.74) is -1.31. The molecule has 1 fully saturated rings. The topological polar surface area (TPSA) is 101 Å². The van der Waals surface area contributed by atoms with Crippen LogP contribution in [0.25, 0.3) is 11.1 Å². The van der Waals surface area contributed by atoms with Gasteiger partial charge in [0.25, 0.3) is 5.91 Å². The number of nitrogens with one attached hydrogen (secondary N) is 2. The number of nitrogens with zero attached hydrogens (tertiary/aromatic N) is 5. The summed E-state index contributed by atoms with van der Waals surface area (Å²) >= 11 is 0. The van der Waals surface area contributed by atoms with Crippen LogP contribution < -0.4 is 10.6 Å². The number of hydrogen-bond acceptors (Lipinski definition) is 6. The van der Waals surface area contributed by atoms with E-state index in [1.807, 2.05) is 30.0 Å². The number of aromatic nitrogens is 4. The van der Waals surface area contributed by atoms with E-state index in [1.165, 1.54) is 13.2 Å². The second-order valence-electron chi connectivity index (χ2n) is 10.9. The quantitative estimate of drug-likeness (QED) is 0.275. The first-order valence-corrected chi connectivity index (χ1v) is 13.9. The number of H-pyrrole nitrogens is 2. The number of aryl methyl sites for hydroxylation is 1. The van der Waals surface area contributed by atoms with Gasteiger partial charge in [-0.25, -0.2) is 14.9 Å². The van der Waals surface area contributed by atoms with E-state index in [9.17, 15) is 35.9 Å². The summed E-state index contributed by atoms with van der Waals surface area (Å²) in [5, 5.41) is 6.28. The zero-order valence-electron chi connectivity index (χ0n) is 24.3. The van der Waals surface area contributed by atoms with Gasteiger partial charge in [0.1, 0.15) is 11.6 Å². The van der Waals surface area contributed by atoms with Gasteiger partial charge in [-0.05, 0) is 53.4 Å². The van der Waals surface area contributed by atoms with E-state index in [4.69, 9.17) is 0 Å². The standard InChI is InChI=1S/C30H29F6N7O2/c1-18-5-3-4-6-22(18)23-14-26(43-9-7-42(8-10-43)17-25-38-28(45)40-39-25)37-15-24(23)27(44)41(2)16-19-11-20(29(31,32)33)13-21(12-19)30(34,35)36/h3-6,11-15H,7-10,16-17H2,1-2H3,(H2,38,39,40,45). The molecule has 238 valence electrons. The number of carbonyl (C=O) groups is 1. The maximum absolute atomic E-state index is 13.7. The summed E-state index contributed by atoms with van der Waals surface area (Å²) in [5.74, 6) is 0.518. The van der Waals surface area contributed by atoms with Gasteiger partial charge in [0, 0.05) is 46.0 Å². The third-order valence-corrected chi connectivity index (χ3v) is 7.59. The molecular formula is C30H29F6N7O2. The van der Waals surface area contributed by atoms with Crippen molar-refractivity contribution in [3.05, 3.63) is 98.9 Å². The van der Waals surface area contributed by atoms with Gasteiger partial charge in [-0.15, -0.1) is 0 Å². The minimum Gasteiger partial charge on any atom is -0.354 e. The predicted octanol–water partition coefficient (Wildman–Crippen LogP) is 5.10. The Hall–Kier alpha value is -4.66. The summed E-state index contributed by atoms with van der Waals surface area (Å²) in [6.45, 7) is 4.33. The van der Waals surface area contributed by atoms with Crippen molar-refractivity contribution < 1.29 is 31.1 Å². The van der Waals surface area contributed by atoms with E-state index in [2.05, 4.69) is 25.1 Å². The molecule has 0 spiro atoms. The van der Waals surface area contributed by atoms with Crippen LogP contribution in [0.2, 0.25) is 0 Å². The van der Waals surface area contributed by atoms with Crippen LogP contribution in [0.3, 0.4) is 0 Å². The Morgan fingerprint density at radius 1 is 0.933 bits per heavy atom. The van der Waals surface area contributed by atoms with E-state index in [1.54, 1.807) is 12.1 Å². The van der Waals surface area contributed by atoms with Gasteiger partial charge in [-0.3, -0.25) is 14.7 Å². The lowest BCUT2D eigenvalue weighted by Crippen LogP contribution is -2.46. The molecule has 15 heteroatoms. The molecule has 2 aromatic heterocycles. The van der Waals surface area contributed by atoms with Crippen molar-refractivity contribution in [1.29, 1.82) is 0 Å². The lowest BCUT2D eigenvalue weighted by Gasteiger charge is -2.35. The van der Waals surface area contributed by atoms with Crippen molar-refractivity contribution in [2.75, 3.05) is 38.1 Å². The van der Waals surface area contributed by atoms with Gasteiger partial charge in [0.2, 0.25) is 0 Å². The molecule has 9 nitrogen and oxygen atoms in total. The van der Waals surface area contributed by atoms with Crippen LogP contribution in [0.1, 0.15) is 38.4 Å². The highest BCUT2D eigenvalue weighted by Gasteiger charge is 2.37. The fraction of sp³-hybridized carbons (Fsp3) is 0.333. The van der Waals surface area contributed by atoms with Gasteiger partial charge in [0.05, 0.1) is 23.2 Å². The molecule has 2 N–H and O–H groups in total. The van der Waals surface area contributed by atoms with Crippen LogP contribution in [0.15, 0.2) is 59.5 Å². The smallest absolute Gasteiger partial charge is 0.354 e. The van der Waals surface area contributed by atoms with Crippen molar-refractivity contribution in [2.45, 2.75) is 32.4 Å². The minimum absolute atomic E-state index is 0.0575. The second-order valence-corrected chi connectivity index (χ2v) is 10.9. The molecule has 0 aliphatic carbocycles.